The number of aromatic nitrogens is 3. The summed E-state index contributed by atoms with van der Waals surface area (Å²) >= 11 is 6.41. The van der Waals surface area contributed by atoms with Crippen LogP contribution < -0.4 is 20.3 Å². The number of aryl methyl sites for hydroxylation is 1. The van der Waals surface area contributed by atoms with Crippen molar-refractivity contribution in [2.24, 2.45) is 11.3 Å². The first-order valence-electron chi connectivity index (χ1n) is 18.8. The highest BCUT2D eigenvalue weighted by molar-refractivity contribution is 6.34. The third-order valence-corrected chi connectivity index (χ3v) is 12.1. The highest BCUT2D eigenvalue weighted by Gasteiger charge is 2.46. The van der Waals surface area contributed by atoms with Crippen molar-refractivity contribution in [3.8, 4) is 5.75 Å². The smallest absolute Gasteiger partial charge is 0.328 e. The summed E-state index contributed by atoms with van der Waals surface area (Å²) < 4.78 is 7.69. The van der Waals surface area contributed by atoms with Crippen LogP contribution in [0, 0.1) is 18.3 Å². The molecule has 0 atom stereocenters. The Kier molecular flexibility index (Phi) is 9.78. The van der Waals surface area contributed by atoms with Crippen LogP contribution in [-0.2, 0) is 4.79 Å². The molecule has 5 amide bonds. The fourth-order valence-electron chi connectivity index (χ4n) is 8.83. The van der Waals surface area contributed by atoms with Gasteiger partial charge < -0.3 is 19.9 Å². The van der Waals surface area contributed by atoms with Crippen LogP contribution in [0.2, 0.25) is 5.02 Å². The van der Waals surface area contributed by atoms with Crippen LogP contribution in [0.5, 0.6) is 5.75 Å². The summed E-state index contributed by atoms with van der Waals surface area (Å²) in [5.74, 6) is 0.573. The zero-order valence-corrected chi connectivity index (χ0v) is 31.4. The number of imide groups is 1. The number of halogens is 1. The summed E-state index contributed by atoms with van der Waals surface area (Å²) in [5, 5.41) is 11.5. The minimum absolute atomic E-state index is 0.0536. The molecule has 2 N–H and O–H groups in total. The number of rotatable bonds is 8. The molecule has 4 aliphatic rings. The standard InChI is InChI=1S/C40H45ClN8O5/c1-25-4-3-5-31(42-25)37(51)43-33-18-28-24-49(45-32(28)20-35(33)54-2)29-8-13-46(14-9-29)23-26-21-40(22-26)11-16-47(17-12-40)38(52)27-6-7-30(41)34(19-27)48-15-10-36(50)44-39(48)53/h3-7,18-20,24,26,29H,8-17,21-23H2,1-2H3,(H,43,51)(H,44,50,53). The van der Waals surface area contributed by atoms with Crippen LogP contribution in [0.1, 0.15) is 77.5 Å². The van der Waals surface area contributed by atoms with Crippen LogP contribution in [0.25, 0.3) is 10.9 Å². The number of pyridine rings is 1. The molecule has 5 heterocycles. The van der Waals surface area contributed by atoms with Crippen molar-refractivity contribution >= 4 is 57.6 Å². The third-order valence-electron chi connectivity index (χ3n) is 11.8. The lowest BCUT2D eigenvalue weighted by molar-refractivity contribution is -0.120. The third kappa shape index (κ3) is 7.26. The molecule has 3 aliphatic heterocycles. The van der Waals surface area contributed by atoms with Crippen molar-refractivity contribution in [2.75, 3.05) is 56.6 Å². The number of benzene rings is 2. The van der Waals surface area contributed by atoms with Crippen LogP contribution in [0.3, 0.4) is 0 Å². The Bertz CT molecular complexity index is 2110. The number of piperidine rings is 2. The molecule has 13 nitrogen and oxygen atoms in total. The molecule has 8 rings (SSSR count). The molecule has 3 saturated heterocycles. The van der Waals surface area contributed by atoms with Gasteiger partial charge in [-0.1, -0.05) is 17.7 Å². The van der Waals surface area contributed by atoms with E-state index in [0.717, 1.165) is 75.0 Å². The van der Waals surface area contributed by atoms with Gasteiger partial charge in [0.05, 0.1) is 35.1 Å². The molecule has 0 bridgehead atoms. The molecular weight excluding hydrogens is 708 g/mol. The summed E-state index contributed by atoms with van der Waals surface area (Å²) in [6.07, 6.45) is 8.71. The maximum atomic E-state index is 13.5. The maximum absolute atomic E-state index is 13.5. The van der Waals surface area contributed by atoms with E-state index in [1.54, 1.807) is 31.4 Å². The molecule has 2 aromatic carbocycles. The van der Waals surface area contributed by atoms with E-state index < -0.39 is 6.03 Å². The van der Waals surface area contributed by atoms with Gasteiger partial charge in [0.2, 0.25) is 5.91 Å². The number of urea groups is 1. The summed E-state index contributed by atoms with van der Waals surface area (Å²) in [6.45, 7) is 6.68. The van der Waals surface area contributed by atoms with Crippen LogP contribution in [0.4, 0.5) is 16.2 Å². The highest BCUT2D eigenvalue weighted by Crippen LogP contribution is 2.53. The van der Waals surface area contributed by atoms with Gasteiger partial charge in [-0.05, 0) is 93.2 Å². The van der Waals surface area contributed by atoms with Crippen molar-refractivity contribution in [3.05, 3.63) is 76.7 Å². The number of carbonyl (C=O) groups excluding carboxylic acids is 4. The van der Waals surface area contributed by atoms with Gasteiger partial charge in [-0.3, -0.25) is 29.3 Å². The lowest BCUT2D eigenvalue weighted by Gasteiger charge is -2.53. The number of hydrogen-bond donors (Lipinski definition) is 2. The second-order valence-corrected chi connectivity index (χ2v) is 15.8. The predicted octanol–water partition coefficient (Wildman–Crippen LogP) is 6.07. The van der Waals surface area contributed by atoms with E-state index in [1.807, 2.05) is 36.1 Å². The van der Waals surface area contributed by atoms with E-state index in [-0.39, 0.29) is 30.7 Å². The molecule has 4 aromatic rings. The Morgan fingerprint density at radius 2 is 1.80 bits per heavy atom. The number of anilines is 2. The number of likely N-dealkylation sites (tertiary alicyclic amines) is 2. The zero-order chi connectivity index (χ0) is 37.6. The monoisotopic (exact) mass is 752 g/mol. The normalized spacial score (nSPS) is 19.5. The van der Waals surface area contributed by atoms with E-state index in [2.05, 4.69) is 31.4 Å². The number of methoxy groups -OCH3 is 1. The first-order valence-corrected chi connectivity index (χ1v) is 19.2. The maximum Gasteiger partial charge on any atom is 0.328 e. The Labute approximate surface area is 319 Å². The van der Waals surface area contributed by atoms with Gasteiger partial charge >= 0.3 is 6.03 Å². The van der Waals surface area contributed by atoms with Crippen molar-refractivity contribution in [1.82, 2.24) is 29.9 Å². The van der Waals surface area contributed by atoms with Crippen molar-refractivity contribution in [2.45, 2.75) is 57.9 Å². The van der Waals surface area contributed by atoms with E-state index in [4.69, 9.17) is 21.4 Å². The molecule has 1 aliphatic carbocycles. The van der Waals surface area contributed by atoms with Crippen molar-refractivity contribution in [1.29, 1.82) is 0 Å². The van der Waals surface area contributed by atoms with Gasteiger partial charge in [0, 0.05) is 74.6 Å². The lowest BCUT2D eigenvalue weighted by atomic mass is 9.57. The SMILES string of the molecule is COc1cc2nn(C3CCN(CC4CC5(CCN(C(=O)c6ccc(Cl)c(N7CCC(=O)NC7=O)c6)CC5)C4)CC3)cc2cc1NC(=O)c1cccc(C)n1. The summed E-state index contributed by atoms with van der Waals surface area (Å²) in [4.78, 5) is 60.7. The molecule has 14 heteroatoms. The molecule has 54 heavy (non-hydrogen) atoms. The molecule has 1 spiro atoms. The van der Waals surface area contributed by atoms with E-state index in [0.29, 0.717) is 50.8 Å². The molecule has 0 radical (unpaired) electrons. The first kappa shape index (κ1) is 36.0. The van der Waals surface area contributed by atoms with Gasteiger partial charge in [0.25, 0.3) is 11.8 Å². The number of hydrogen-bond acceptors (Lipinski definition) is 8. The van der Waals surface area contributed by atoms with Crippen molar-refractivity contribution in [3.63, 3.8) is 0 Å². The Morgan fingerprint density at radius 1 is 1.02 bits per heavy atom. The van der Waals surface area contributed by atoms with Gasteiger partial charge in [-0.2, -0.15) is 5.10 Å². The zero-order valence-electron chi connectivity index (χ0n) is 30.6. The minimum Gasteiger partial charge on any atom is -0.494 e. The van der Waals surface area contributed by atoms with Gasteiger partial charge in [-0.25, -0.2) is 9.78 Å². The van der Waals surface area contributed by atoms with E-state index in [9.17, 15) is 19.2 Å². The van der Waals surface area contributed by atoms with Crippen LogP contribution in [0.15, 0.2) is 54.7 Å². The second-order valence-electron chi connectivity index (χ2n) is 15.4. The van der Waals surface area contributed by atoms with E-state index >= 15 is 0 Å². The van der Waals surface area contributed by atoms with Crippen LogP contribution in [-0.4, -0.2) is 94.7 Å². The number of fused-ring (bicyclic) bond motifs is 1. The van der Waals surface area contributed by atoms with Crippen molar-refractivity contribution < 1.29 is 23.9 Å². The first-order chi connectivity index (χ1) is 26.1. The van der Waals surface area contributed by atoms with E-state index in [1.165, 1.54) is 17.7 Å². The largest absolute Gasteiger partial charge is 0.494 e. The van der Waals surface area contributed by atoms with Gasteiger partial charge in [0.15, 0.2) is 0 Å². The summed E-state index contributed by atoms with van der Waals surface area (Å²) in [6, 6.07) is 14.0. The number of carbonyl (C=O) groups is 4. The topological polar surface area (TPSA) is 142 Å². The van der Waals surface area contributed by atoms with Gasteiger partial charge in [-0.15, -0.1) is 0 Å². The summed E-state index contributed by atoms with van der Waals surface area (Å²) in [7, 11) is 1.59. The number of nitrogens with one attached hydrogen (secondary N) is 2. The number of amides is 5. The second kappa shape index (κ2) is 14.7. The molecule has 4 fully saturated rings. The fraction of sp³-hybridized carbons (Fsp3) is 0.450. The molecule has 0 unspecified atom stereocenters. The van der Waals surface area contributed by atoms with Crippen LogP contribution >= 0.6 is 11.6 Å². The average molecular weight is 753 g/mol. The molecule has 2 aromatic heterocycles. The fourth-order valence-corrected chi connectivity index (χ4v) is 9.05. The average Bonchev–Trinajstić information content (AvgIpc) is 3.57. The Hall–Kier alpha value is -5.01. The Morgan fingerprint density at radius 3 is 2.52 bits per heavy atom. The molecule has 282 valence electrons. The summed E-state index contributed by atoms with van der Waals surface area (Å²) in [5.41, 5.74) is 3.80. The minimum atomic E-state index is -0.523. The quantitative estimate of drug-likeness (QED) is 0.221. The van der Waals surface area contributed by atoms with Gasteiger partial charge in [0.1, 0.15) is 11.4 Å². The number of nitrogens with zero attached hydrogens (tertiary/aromatic N) is 6. The predicted molar refractivity (Wildman–Crippen MR) is 205 cm³/mol. The lowest BCUT2D eigenvalue weighted by Crippen LogP contribution is -2.51. The Balaban J connectivity index is 0.810. The molecule has 1 saturated carbocycles. The molecular formula is C40H45ClN8O5. The number of ether oxygens (including phenoxy) is 1. The highest BCUT2D eigenvalue weighted by atomic mass is 35.5.